The van der Waals surface area contributed by atoms with E-state index in [0.29, 0.717) is 17.8 Å². The lowest BCUT2D eigenvalue weighted by atomic mass is 9.95. The number of fused-ring (bicyclic) bond motifs is 1. The van der Waals surface area contributed by atoms with E-state index in [9.17, 15) is 9.59 Å². The third-order valence-electron chi connectivity index (χ3n) is 6.13. The molecule has 0 radical (unpaired) electrons. The molecule has 5 nitrogen and oxygen atoms in total. The maximum atomic E-state index is 13.2. The van der Waals surface area contributed by atoms with Gasteiger partial charge < -0.3 is 4.90 Å². The Morgan fingerprint density at radius 3 is 2.50 bits per heavy atom. The predicted molar refractivity (Wildman–Crippen MR) is 120 cm³/mol. The highest BCUT2D eigenvalue weighted by atomic mass is 16.2. The fourth-order valence-electron chi connectivity index (χ4n) is 4.38. The number of hydrogen-bond donors (Lipinski definition) is 0. The smallest absolute Gasteiger partial charge is 0.261 e. The summed E-state index contributed by atoms with van der Waals surface area (Å²) in [6.45, 7) is 6.24. The van der Waals surface area contributed by atoms with E-state index < -0.39 is 0 Å². The van der Waals surface area contributed by atoms with E-state index in [1.807, 2.05) is 64.9 Å². The van der Waals surface area contributed by atoms with Gasteiger partial charge in [-0.05, 0) is 55.9 Å². The molecule has 0 atom stereocenters. The largest absolute Gasteiger partial charge is 0.339 e. The summed E-state index contributed by atoms with van der Waals surface area (Å²) in [6, 6.07) is 15.4. The lowest BCUT2D eigenvalue weighted by Crippen LogP contribution is -2.40. The Kier molecular flexibility index (Phi) is 5.98. The quantitative estimate of drug-likeness (QED) is 0.641. The highest BCUT2D eigenvalue weighted by Crippen LogP contribution is 2.22. The molecule has 156 valence electrons. The molecular weight excluding hydrogens is 374 g/mol. The molecule has 30 heavy (non-hydrogen) atoms. The van der Waals surface area contributed by atoms with E-state index in [1.54, 1.807) is 0 Å². The SMILES string of the molecule is CCCc1nc2ccccc2c(=O)n1CC1CCN(C(=O)c2ccccc2C)CC1. The van der Waals surface area contributed by atoms with Crippen molar-refractivity contribution < 1.29 is 4.79 Å². The van der Waals surface area contributed by atoms with Crippen molar-refractivity contribution in [3.05, 3.63) is 75.8 Å². The number of aryl methyl sites for hydroxylation is 2. The Labute approximate surface area is 177 Å². The standard InChI is InChI=1S/C25H29N3O2/c1-3-8-23-26-22-12-7-6-11-21(22)25(30)28(23)17-19-13-15-27(16-14-19)24(29)20-10-5-4-9-18(20)2/h4-7,9-12,19H,3,8,13-17H2,1-2H3. The zero-order valence-electron chi connectivity index (χ0n) is 17.8. The van der Waals surface area contributed by atoms with Crippen molar-refractivity contribution in [3.8, 4) is 0 Å². The summed E-state index contributed by atoms with van der Waals surface area (Å²) in [7, 11) is 0. The highest BCUT2D eigenvalue weighted by Gasteiger charge is 2.25. The van der Waals surface area contributed by atoms with E-state index >= 15 is 0 Å². The number of likely N-dealkylation sites (tertiary alicyclic amines) is 1. The minimum absolute atomic E-state index is 0.0578. The van der Waals surface area contributed by atoms with Crippen molar-refractivity contribution in [1.29, 1.82) is 0 Å². The van der Waals surface area contributed by atoms with Gasteiger partial charge in [0, 0.05) is 31.6 Å². The van der Waals surface area contributed by atoms with Crippen molar-refractivity contribution in [1.82, 2.24) is 14.5 Å². The average Bonchev–Trinajstić information content (AvgIpc) is 2.77. The van der Waals surface area contributed by atoms with Crippen LogP contribution in [0.15, 0.2) is 53.3 Å². The minimum atomic E-state index is 0.0578. The Morgan fingerprint density at radius 1 is 1.07 bits per heavy atom. The molecule has 5 heteroatoms. The number of carbonyl (C=O) groups excluding carboxylic acids is 1. The van der Waals surface area contributed by atoms with Gasteiger partial charge in [0.25, 0.3) is 11.5 Å². The maximum Gasteiger partial charge on any atom is 0.261 e. The number of carbonyl (C=O) groups is 1. The number of amides is 1. The van der Waals surface area contributed by atoms with Crippen LogP contribution in [0.2, 0.25) is 0 Å². The molecule has 0 aliphatic carbocycles. The van der Waals surface area contributed by atoms with Gasteiger partial charge in [0.2, 0.25) is 0 Å². The van der Waals surface area contributed by atoms with Gasteiger partial charge in [-0.1, -0.05) is 37.3 Å². The number of benzene rings is 2. The molecular formula is C25H29N3O2. The van der Waals surface area contributed by atoms with E-state index in [2.05, 4.69) is 6.92 Å². The van der Waals surface area contributed by atoms with E-state index in [0.717, 1.165) is 61.2 Å². The van der Waals surface area contributed by atoms with Crippen molar-refractivity contribution in [2.45, 2.75) is 46.1 Å². The molecule has 1 aromatic heterocycles. The summed E-state index contributed by atoms with van der Waals surface area (Å²) >= 11 is 0. The van der Waals surface area contributed by atoms with Crippen LogP contribution in [-0.2, 0) is 13.0 Å². The zero-order chi connectivity index (χ0) is 21.1. The molecule has 2 aromatic carbocycles. The van der Waals surface area contributed by atoms with Gasteiger partial charge in [-0.25, -0.2) is 4.98 Å². The van der Waals surface area contributed by atoms with Crippen molar-refractivity contribution in [2.75, 3.05) is 13.1 Å². The summed E-state index contributed by atoms with van der Waals surface area (Å²) in [5.74, 6) is 1.37. The molecule has 0 unspecified atom stereocenters. The first-order valence-electron chi connectivity index (χ1n) is 10.9. The second-order valence-corrected chi connectivity index (χ2v) is 8.26. The Hall–Kier alpha value is -2.95. The average molecular weight is 404 g/mol. The van der Waals surface area contributed by atoms with E-state index in [4.69, 9.17) is 4.98 Å². The Balaban J connectivity index is 1.50. The minimum Gasteiger partial charge on any atom is -0.339 e. The molecule has 4 rings (SSSR count). The molecule has 2 heterocycles. The molecule has 3 aromatic rings. The Bertz CT molecular complexity index is 1110. The van der Waals surface area contributed by atoms with Crippen LogP contribution in [0.4, 0.5) is 0 Å². The maximum absolute atomic E-state index is 13.2. The molecule has 0 spiro atoms. The first-order valence-corrected chi connectivity index (χ1v) is 10.9. The number of hydrogen-bond acceptors (Lipinski definition) is 3. The van der Waals surface area contributed by atoms with Crippen molar-refractivity contribution in [2.24, 2.45) is 5.92 Å². The molecule has 0 N–H and O–H groups in total. The zero-order valence-corrected chi connectivity index (χ0v) is 17.8. The molecule has 1 fully saturated rings. The molecule has 0 bridgehead atoms. The van der Waals surface area contributed by atoms with Gasteiger partial charge in [0.1, 0.15) is 5.82 Å². The second-order valence-electron chi connectivity index (χ2n) is 8.26. The number of piperidine rings is 1. The van der Waals surface area contributed by atoms with Crippen molar-refractivity contribution in [3.63, 3.8) is 0 Å². The summed E-state index contributed by atoms with van der Waals surface area (Å²) in [5.41, 5.74) is 2.64. The van der Waals surface area contributed by atoms with Crippen LogP contribution in [0.1, 0.15) is 47.9 Å². The third-order valence-corrected chi connectivity index (χ3v) is 6.13. The van der Waals surface area contributed by atoms with E-state index in [-0.39, 0.29) is 11.5 Å². The van der Waals surface area contributed by atoms with E-state index in [1.165, 1.54) is 0 Å². The van der Waals surface area contributed by atoms with Crippen LogP contribution in [0, 0.1) is 12.8 Å². The lowest BCUT2D eigenvalue weighted by molar-refractivity contribution is 0.0681. The van der Waals surface area contributed by atoms with Gasteiger partial charge in [-0.15, -0.1) is 0 Å². The topological polar surface area (TPSA) is 55.2 Å². The number of nitrogens with zero attached hydrogens (tertiary/aromatic N) is 3. The van der Waals surface area contributed by atoms with Gasteiger partial charge >= 0.3 is 0 Å². The fraction of sp³-hybridized carbons (Fsp3) is 0.400. The number of aromatic nitrogens is 2. The first-order chi connectivity index (χ1) is 14.6. The first kappa shape index (κ1) is 20.3. The molecule has 0 saturated carbocycles. The van der Waals surface area contributed by atoms with Crippen LogP contribution in [-0.4, -0.2) is 33.4 Å². The highest BCUT2D eigenvalue weighted by molar-refractivity contribution is 5.95. The third kappa shape index (κ3) is 4.02. The van der Waals surface area contributed by atoms with Crippen LogP contribution >= 0.6 is 0 Å². The molecule has 1 amide bonds. The molecule has 1 saturated heterocycles. The summed E-state index contributed by atoms with van der Waals surface area (Å²) in [5, 5.41) is 0.685. The van der Waals surface area contributed by atoms with Crippen molar-refractivity contribution >= 4 is 16.8 Å². The lowest BCUT2D eigenvalue weighted by Gasteiger charge is -2.33. The predicted octanol–water partition coefficient (Wildman–Crippen LogP) is 4.21. The Morgan fingerprint density at radius 2 is 1.77 bits per heavy atom. The molecule has 1 aliphatic rings. The van der Waals surface area contributed by atoms with Gasteiger partial charge in [0.15, 0.2) is 0 Å². The summed E-state index contributed by atoms with van der Waals surface area (Å²) in [4.78, 5) is 32.8. The van der Waals surface area contributed by atoms with Crippen LogP contribution in [0.5, 0.6) is 0 Å². The molecule has 1 aliphatic heterocycles. The summed E-state index contributed by atoms with van der Waals surface area (Å²) < 4.78 is 1.88. The van der Waals surface area contributed by atoms with Gasteiger partial charge in [-0.3, -0.25) is 14.2 Å². The normalized spacial score (nSPS) is 14.9. The van der Waals surface area contributed by atoms with Crippen LogP contribution < -0.4 is 5.56 Å². The monoisotopic (exact) mass is 403 g/mol. The van der Waals surface area contributed by atoms with Gasteiger partial charge in [0.05, 0.1) is 10.9 Å². The van der Waals surface area contributed by atoms with Crippen LogP contribution in [0.25, 0.3) is 10.9 Å². The summed E-state index contributed by atoms with van der Waals surface area (Å²) in [6.07, 6.45) is 3.56. The fourth-order valence-corrected chi connectivity index (χ4v) is 4.38. The second kappa shape index (κ2) is 8.82. The number of para-hydroxylation sites is 1. The van der Waals surface area contributed by atoms with Gasteiger partial charge in [-0.2, -0.15) is 0 Å². The van der Waals surface area contributed by atoms with Crippen LogP contribution in [0.3, 0.4) is 0 Å². The number of rotatable bonds is 5.